The fraction of sp³-hybridized carbons (Fsp3) is 0.250. The minimum absolute atomic E-state index is 0.0484. The number of hydrogen-bond acceptors (Lipinski definition) is 2. The Bertz CT molecular complexity index is 686. The maximum absolute atomic E-state index is 12.9. The number of nitrogens with two attached hydrogens (primary N) is 2. The number of anilines is 2. The summed E-state index contributed by atoms with van der Waals surface area (Å²) in [5.41, 5.74) is 9.80. The van der Waals surface area contributed by atoms with Gasteiger partial charge in [0.2, 0.25) is 0 Å². The Morgan fingerprint density at radius 1 is 0.708 bits per heavy atom. The molecule has 2 aromatic rings. The van der Waals surface area contributed by atoms with Gasteiger partial charge in [0.1, 0.15) is 0 Å². The second-order valence-electron chi connectivity index (χ2n) is 5.40. The fourth-order valence-electron chi connectivity index (χ4n) is 2.42. The Labute approximate surface area is 134 Å². The van der Waals surface area contributed by atoms with Gasteiger partial charge in [-0.1, -0.05) is 6.92 Å². The Morgan fingerprint density at radius 2 is 1.04 bits per heavy atom. The van der Waals surface area contributed by atoms with Gasteiger partial charge in [-0.15, -0.1) is 0 Å². The van der Waals surface area contributed by atoms with Crippen molar-refractivity contribution in [3.05, 3.63) is 58.7 Å². The highest BCUT2D eigenvalue weighted by Crippen LogP contribution is 2.39. The molecule has 0 aromatic heterocycles. The Kier molecular flexibility index (Phi) is 4.43. The lowest BCUT2D eigenvalue weighted by Gasteiger charge is -2.20. The summed E-state index contributed by atoms with van der Waals surface area (Å²) in [6, 6.07) is 5.47. The minimum Gasteiger partial charge on any atom is -0.398 e. The average Bonchev–Trinajstić information content (AvgIpc) is 2.45. The highest BCUT2D eigenvalue weighted by Gasteiger charge is 2.33. The highest BCUT2D eigenvalue weighted by molar-refractivity contribution is 5.59. The van der Waals surface area contributed by atoms with Gasteiger partial charge in [-0.05, 0) is 47.5 Å². The van der Waals surface area contributed by atoms with E-state index in [0.717, 1.165) is 36.4 Å². The first-order valence-corrected chi connectivity index (χ1v) is 6.84. The number of rotatable bonds is 2. The van der Waals surface area contributed by atoms with Crippen molar-refractivity contribution in [1.29, 1.82) is 0 Å². The predicted molar refractivity (Wildman–Crippen MR) is 79.2 cm³/mol. The molecule has 0 saturated heterocycles. The van der Waals surface area contributed by atoms with Crippen LogP contribution in [0.15, 0.2) is 36.4 Å². The molecule has 0 fully saturated rings. The van der Waals surface area contributed by atoms with E-state index in [9.17, 15) is 26.3 Å². The monoisotopic (exact) mass is 348 g/mol. The van der Waals surface area contributed by atoms with E-state index in [1.807, 2.05) is 0 Å². The van der Waals surface area contributed by atoms with Gasteiger partial charge in [0.25, 0.3) is 0 Å². The third-order valence-corrected chi connectivity index (χ3v) is 3.76. The summed E-state index contributed by atoms with van der Waals surface area (Å²) in [5, 5.41) is 0. The molecule has 0 aliphatic heterocycles. The van der Waals surface area contributed by atoms with Gasteiger partial charge in [0.05, 0.1) is 11.1 Å². The number of benzene rings is 2. The van der Waals surface area contributed by atoms with Crippen LogP contribution in [-0.4, -0.2) is 0 Å². The van der Waals surface area contributed by atoms with E-state index in [2.05, 4.69) is 0 Å². The molecule has 4 N–H and O–H groups in total. The number of alkyl halides is 6. The lowest BCUT2D eigenvalue weighted by Crippen LogP contribution is -2.11. The lowest BCUT2D eigenvalue weighted by molar-refractivity contribution is -0.138. The van der Waals surface area contributed by atoms with Gasteiger partial charge in [0.15, 0.2) is 0 Å². The molecule has 0 amide bonds. The summed E-state index contributed by atoms with van der Waals surface area (Å²) < 4.78 is 77.1. The van der Waals surface area contributed by atoms with Crippen molar-refractivity contribution in [3.8, 4) is 0 Å². The number of halogens is 6. The molecule has 130 valence electrons. The van der Waals surface area contributed by atoms with Crippen molar-refractivity contribution in [3.63, 3.8) is 0 Å². The molecular weight excluding hydrogens is 334 g/mol. The van der Waals surface area contributed by atoms with Gasteiger partial charge in [-0.25, -0.2) is 0 Å². The molecule has 24 heavy (non-hydrogen) atoms. The maximum Gasteiger partial charge on any atom is 0.416 e. The molecule has 8 heteroatoms. The molecule has 0 aliphatic carbocycles. The number of nitrogen functional groups attached to an aromatic ring is 2. The van der Waals surface area contributed by atoms with E-state index in [4.69, 9.17) is 11.5 Å². The van der Waals surface area contributed by atoms with Gasteiger partial charge in [0, 0.05) is 17.3 Å². The zero-order valence-electron chi connectivity index (χ0n) is 12.5. The Hall–Kier alpha value is -2.38. The predicted octanol–water partition coefficient (Wildman–Crippen LogP) is 5.04. The van der Waals surface area contributed by atoms with Crippen LogP contribution in [0.5, 0.6) is 0 Å². The normalized spacial score (nSPS) is 12.7. The van der Waals surface area contributed by atoms with Crippen molar-refractivity contribution >= 4 is 11.4 Å². The first kappa shape index (κ1) is 18.0. The molecule has 0 atom stereocenters. The Morgan fingerprint density at radius 3 is 1.33 bits per heavy atom. The molecule has 0 aliphatic rings. The van der Waals surface area contributed by atoms with Crippen LogP contribution in [0, 0.1) is 0 Å². The van der Waals surface area contributed by atoms with Gasteiger partial charge in [-0.2, -0.15) is 26.3 Å². The zero-order valence-corrected chi connectivity index (χ0v) is 12.5. The lowest BCUT2D eigenvalue weighted by atomic mass is 9.88. The van der Waals surface area contributed by atoms with E-state index < -0.39 is 29.4 Å². The quantitative estimate of drug-likeness (QED) is 0.590. The van der Waals surface area contributed by atoms with Crippen LogP contribution in [-0.2, 0) is 12.4 Å². The molecule has 2 aromatic carbocycles. The van der Waals surface area contributed by atoms with Crippen molar-refractivity contribution in [1.82, 2.24) is 0 Å². The summed E-state index contributed by atoms with van der Waals surface area (Å²) in [6.07, 6.45) is -9.16. The maximum atomic E-state index is 12.9. The molecule has 0 bridgehead atoms. The van der Waals surface area contributed by atoms with Crippen molar-refractivity contribution in [2.24, 2.45) is 0 Å². The van der Waals surface area contributed by atoms with Crippen LogP contribution >= 0.6 is 0 Å². The fourth-order valence-corrected chi connectivity index (χ4v) is 2.42. The van der Waals surface area contributed by atoms with Crippen LogP contribution in [0.25, 0.3) is 0 Å². The van der Waals surface area contributed by atoms with Crippen molar-refractivity contribution < 1.29 is 26.3 Å². The minimum atomic E-state index is -4.58. The Balaban J connectivity index is 2.55. The van der Waals surface area contributed by atoms with Crippen molar-refractivity contribution in [2.75, 3.05) is 11.5 Å². The van der Waals surface area contributed by atoms with Crippen molar-refractivity contribution in [2.45, 2.75) is 25.2 Å². The summed E-state index contributed by atoms with van der Waals surface area (Å²) in [5.74, 6) is -0.838. The van der Waals surface area contributed by atoms with Crippen LogP contribution in [0.1, 0.15) is 35.1 Å². The second-order valence-corrected chi connectivity index (χ2v) is 5.40. The SMILES string of the molecule is CC(c1cc(C(F)(F)F)ccc1N)c1cc(C(F)(F)F)ccc1N. The van der Waals surface area contributed by atoms with Crippen LogP contribution in [0.4, 0.5) is 37.7 Å². The molecule has 0 unspecified atom stereocenters. The molecular formula is C16H14F6N2. The second kappa shape index (κ2) is 5.92. The molecule has 0 spiro atoms. The first-order chi connectivity index (χ1) is 10.9. The van der Waals surface area contributed by atoms with E-state index in [1.54, 1.807) is 0 Å². The average molecular weight is 348 g/mol. The van der Waals surface area contributed by atoms with Gasteiger partial charge in [-0.3, -0.25) is 0 Å². The largest absolute Gasteiger partial charge is 0.416 e. The molecule has 2 nitrogen and oxygen atoms in total. The number of hydrogen-bond donors (Lipinski definition) is 2. The summed E-state index contributed by atoms with van der Waals surface area (Å²) >= 11 is 0. The third-order valence-electron chi connectivity index (χ3n) is 3.76. The third kappa shape index (κ3) is 3.58. The topological polar surface area (TPSA) is 52.0 Å². The summed E-state index contributed by atoms with van der Waals surface area (Å²) in [6.45, 7) is 1.46. The van der Waals surface area contributed by atoms with E-state index >= 15 is 0 Å². The van der Waals surface area contributed by atoms with E-state index in [0.29, 0.717) is 0 Å². The van der Waals surface area contributed by atoms with Gasteiger partial charge >= 0.3 is 12.4 Å². The summed E-state index contributed by atoms with van der Waals surface area (Å²) in [7, 11) is 0. The highest BCUT2D eigenvalue weighted by atomic mass is 19.4. The summed E-state index contributed by atoms with van der Waals surface area (Å²) in [4.78, 5) is 0. The van der Waals surface area contributed by atoms with E-state index in [1.165, 1.54) is 6.92 Å². The molecule has 0 radical (unpaired) electrons. The van der Waals surface area contributed by atoms with Crippen LogP contribution in [0.3, 0.4) is 0 Å². The van der Waals surface area contributed by atoms with Crippen LogP contribution in [0.2, 0.25) is 0 Å². The molecule has 2 rings (SSSR count). The van der Waals surface area contributed by atoms with E-state index in [-0.39, 0.29) is 22.5 Å². The smallest absolute Gasteiger partial charge is 0.398 e. The molecule has 0 saturated carbocycles. The van der Waals surface area contributed by atoms with Crippen LogP contribution < -0.4 is 11.5 Å². The van der Waals surface area contributed by atoms with Gasteiger partial charge < -0.3 is 11.5 Å². The zero-order chi connectivity index (χ0) is 18.3. The first-order valence-electron chi connectivity index (χ1n) is 6.84. The molecule has 0 heterocycles. The standard InChI is InChI=1S/C16H14F6N2/c1-8(11-6-9(15(17,18)19)2-4-13(11)23)12-7-10(16(20,21)22)3-5-14(12)24/h2-8H,23-24H2,1H3.